The van der Waals surface area contributed by atoms with Crippen molar-refractivity contribution >= 4 is 22.5 Å². The monoisotopic (exact) mass is 366 g/mol. The van der Waals surface area contributed by atoms with Gasteiger partial charge in [-0.25, -0.2) is 4.98 Å². The molecule has 0 unspecified atom stereocenters. The highest BCUT2D eigenvalue weighted by molar-refractivity contribution is 6.14. The Labute approximate surface area is 165 Å². The molecule has 3 heteroatoms. The van der Waals surface area contributed by atoms with E-state index in [0.717, 1.165) is 39.0 Å². The molecule has 0 spiro atoms. The maximum Gasteiger partial charge on any atom is 0.256 e. The zero-order valence-corrected chi connectivity index (χ0v) is 16.3. The van der Waals surface area contributed by atoms with Crippen molar-refractivity contribution < 1.29 is 4.79 Å². The predicted octanol–water partition coefficient (Wildman–Crippen LogP) is 6.08. The van der Waals surface area contributed by atoms with Gasteiger partial charge in [0.2, 0.25) is 0 Å². The summed E-state index contributed by atoms with van der Waals surface area (Å²) in [5.41, 5.74) is 7.27. The first kappa shape index (κ1) is 17.9. The van der Waals surface area contributed by atoms with E-state index in [1.807, 2.05) is 87.5 Å². The summed E-state index contributed by atoms with van der Waals surface area (Å²) in [6.45, 7) is 6.03. The number of hydrogen-bond acceptors (Lipinski definition) is 2. The van der Waals surface area contributed by atoms with Crippen LogP contribution in [-0.2, 0) is 0 Å². The maximum atomic E-state index is 13.3. The van der Waals surface area contributed by atoms with Gasteiger partial charge >= 0.3 is 0 Å². The van der Waals surface area contributed by atoms with Gasteiger partial charge in [0.15, 0.2) is 0 Å². The minimum Gasteiger partial charge on any atom is -0.322 e. The highest BCUT2D eigenvalue weighted by Gasteiger charge is 2.19. The molecule has 0 bridgehead atoms. The second-order valence-corrected chi connectivity index (χ2v) is 7.12. The number of pyridine rings is 1. The molecule has 1 amide bonds. The van der Waals surface area contributed by atoms with E-state index in [1.165, 1.54) is 5.56 Å². The third-order valence-electron chi connectivity index (χ3n) is 5.04. The Morgan fingerprint density at radius 1 is 0.857 bits per heavy atom. The summed E-state index contributed by atoms with van der Waals surface area (Å²) in [5, 5.41) is 3.96. The number of aryl methyl sites for hydroxylation is 2. The standard InChI is InChI=1S/C25H22N2O/c1-16-13-14-21(17(2)15-16)27-25(28)23-18(3)24(19-9-5-4-6-10-19)26-22-12-8-7-11-20(22)23/h4-15H,1-3H3,(H,27,28). The molecule has 28 heavy (non-hydrogen) atoms. The number of carbonyl (C=O) groups is 1. The number of nitrogens with one attached hydrogen (secondary N) is 1. The van der Waals surface area contributed by atoms with E-state index in [9.17, 15) is 4.79 Å². The summed E-state index contributed by atoms with van der Waals surface area (Å²) >= 11 is 0. The van der Waals surface area contributed by atoms with Gasteiger partial charge in [0, 0.05) is 16.6 Å². The van der Waals surface area contributed by atoms with Crippen LogP contribution in [-0.4, -0.2) is 10.9 Å². The maximum absolute atomic E-state index is 13.3. The molecule has 3 aromatic carbocycles. The first-order valence-corrected chi connectivity index (χ1v) is 9.38. The molecule has 0 saturated heterocycles. The van der Waals surface area contributed by atoms with Crippen molar-refractivity contribution in [2.45, 2.75) is 20.8 Å². The highest BCUT2D eigenvalue weighted by Crippen LogP contribution is 2.30. The van der Waals surface area contributed by atoms with Crippen LogP contribution < -0.4 is 5.32 Å². The van der Waals surface area contributed by atoms with Crippen LogP contribution in [0.25, 0.3) is 22.2 Å². The molecule has 3 nitrogen and oxygen atoms in total. The minimum absolute atomic E-state index is 0.111. The summed E-state index contributed by atoms with van der Waals surface area (Å²) in [6, 6.07) is 23.8. The number of anilines is 1. The molecule has 0 fully saturated rings. The fourth-order valence-corrected chi connectivity index (χ4v) is 3.62. The molecule has 138 valence electrons. The van der Waals surface area contributed by atoms with Crippen LogP contribution in [0.15, 0.2) is 72.8 Å². The Balaban J connectivity index is 1.87. The smallest absolute Gasteiger partial charge is 0.256 e. The lowest BCUT2D eigenvalue weighted by Crippen LogP contribution is -2.16. The predicted molar refractivity (Wildman–Crippen MR) is 116 cm³/mol. The molecule has 0 aliphatic heterocycles. The largest absolute Gasteiger partial charge is 0.322 e. The molecule has 4 rings (SSSR count). The Kier molecular flexibility index (Phi) is 4.66. The van der Waals surface area contributed by atoms with Gasteiger partial charge in [-0.05, 0) is 44.0 Å². The molecule has 0 aliphatic carbocycles. The second-order valence-electron chi connectivity index (χ2n) is 7.12. The van der Waals surface area contributed by atoms with Crippen molar-refractivity contribution in [1.82, 2.24) is 4.98 Å². The van der Waals surface area contributed by atoms with Crippen LogP contribution in [0.3, 0.4) is 0 Å². The normalized spacial score (nSPS) is 10.8. The number of fused-ring (bicyclic) bond motifs is 1. The SMILES string of the molecule is Cc1ccc(NC(=O)c2c(C)c(-c3ccccc3)nc3ccccc23)c(C)c1. The molecule has 1 N–H and O–H groups in total. The average molecular weight is 366 g/mol. The van der Waals surface area contributed by atoms with Crippen LogP contribution in [0, 0.1) is 20.8 Å². The molecule has 4 aromatic rings. The molecule has 0 atom stereocenters. The summed E-state index contributed by atoms with van der Waals surface area (Å²) < 4.78 is 0. The summed E-state index contributed by atoms with van der Waals surface area (Å²) in [4.78, 5) is 18.2. The molecule has 1 heterocycles. The third kappa shape index (κ3) is 3.27. The molecular formula is C25H22N2O. The van der Waals surface area contributed by atoms with Gasteiger partial charge in [0.25, 0.3) is 5.91 Å². The number of benzene rings is 3. The number of carbonyl (C=O) groups excluding carboxylic acids is 1. The minimum atomic E-state index is -0.111. The Morgan fingerprint density at radius 2 is 1.57 bits per heavy atom. The Bertz CT molecular complexity index is 1180. The number of para-hydroxylation sites is 1. The number of rotatable bonds is 3. The number of hydrogen-bond donors (Lipinski definition) is 1. The lowest BCUT2D eigenvalue weighted by atomic mass is 9.97. The van der Waals surface area contributed by atoms with Crippen molar-refractivity contribution in [3.63, 3.8) is 0 Å². The average Bonchev–Trinajstić information content (AvgIpc) is 2.70. The molecular weight excluding hydrogens is 344 g/mol. The van der Waals surface area contributed by atoms with Gasteiger partial charge < -0.3 is 5.32 Å². The first-order valence-electron chi connectivity index (χ1n) is 9.38. The number of aromatic nitrogens is 1. The van der Waals surface area contributed by atoms with E-state index in [2.05, 4.69) is 11.4 Å². The second kappa shape index (κ2) is 7.28. The summed E-state index contributed by atoms with van der Waals surface area (Å²) in [7, 11) is 0. The van der Waals surface area contributed by atoms with Gasteiger partial charge in [-0.15, -0.1) is 0 Å². The summed E-state index contributed by atoms with van der Waals surface area (Å²) in [6.07, 6.45) is 0. The van der Waals surface area contributed by atoms with Crippen LogP contribution in [0.1, 0.15) is 27.0 Å². The van der Waals surface area contributed by atoms with Gasteiger partial charge in [0.05, 0.1) is 16.8 Å². The lowest BCUT2D eigenvalue weighted by molar-refractivity contribution is 0.102. The van der Waals surface area contributed by atoms with Gasteiger partial charge in [-0.1, -0.05) is 66.2 Å². The molecule has 0 saturated carbocycles. The molecule has 0 aliphatic rings. The fraction of sp³-hybridized carbons (Fsp3) is 0.120. The van der Waals surface area contributed by atoms with Crippen LogP contribution >= 0.6 is 0 Å². The van der Waals surface area contributed by atoms with E-state index >= 15 is 0 Å². The van der Waals surface area contributed by atoms with Crippen LogP contribution in [0.5, 0.6) is 0 Å². The summed E-state index contributed by atoms with van der Waals surface area (Å²) in [5.74, 6) is -0.111. The number of amides is 1. The Morgan fingerprint density at radius 3 is 2.32 bits per heavy atom. The zero-order chi connectivity index (χ0) is 19.7. The first-order chi connectivity index (χ1) is 13.5. The van der Waals surface area contributed by atoms with Crippen LogP contribution in [0.2, 0.25) is 0 Å². The molecule has 1 aromatic heterocycles. The quantitative estimate of drug-likeness (QED) is 0.477. The van der Waals surface area contributed by atoms with Gasteiger partial charge in [-0.2, -0.15) is 0 Å². The van der Waals surface area contributed by atoms with E-state index in [-0.39, 0.29) is 5.91 Å². The highest BCUT2D eigenvalue weighted by atomic mass is 16.1. The number of nitrogens with zero attached hydrogens (tertiary/aromatic N) is 1. The Hall–Kier alpha value is -3.46. The topological polar surface area (TPSA) is 42.0 Å². The third-order valence-corrected chi connectivity index (χ3v) is 5.04. The van der Waals surface area contributed by atoms with E-state index < -0.39 is 0 Å². The lowest BCUT2D eigenvalue weighted by Gasteiger charge is -2.16. The van der Waals surface area contributed by atoms with E-state index in [4.69, 9.17) is 4.98 Å². The van der Waals surface area contributed by atoms with Crippen molar-refractivity contribution in [2.24, 2.45) is 0 Å². The van der Waals surface area contributed by atoms with Crippen LogP contribution in [0.4, 0.5) is 5.69 Å². The van der Waals surface area contributed by atoms with Crippen molar-refractivity contribution in [3.05, 3.63) is 95.1 Å². The van der Waals surface area contributed by atoms with E-state index in [0.29, 0.717) is 5.56 Å². The fourth-order valence-electron chi connectivity index (χ4n) is 3.62. The molecule has 0 radical (unpaired) electrons. The zero-order valence-electron chi connectivity index (χ0n) is 16.3. The van der Waals surface area contributed by atoms with Crippen molar-refractivity contribution in [2.75, 3.05) is 5.32 Å². The van der Waals surface area contributed by atoms with E-state index in [1.54, 1.807) is 0 Å². The van der Waals surface area contributed by atoms with Crippen molar-refractivity contribution in [1.29, 1.82) is 0 Å². The van der Waals surface area contributed by atoms with Gasteiger partial charge in [-0.3, -0.25) is 4.79 Å². The van der Waals surface area contributed by atoms with Gasteiger partial charge in [0.1, 0.15) is 0 Å². The van der Waals surface area contributed by atoms with Crippen molar-refractivity contribution in [3.8, 4) is 11.3 Å².